The predicted octanol–water partition coefficient (Wildman–Crippen LogP) is 0.551. The number of aromatic nitrogens is 3. The maximum Gasteiger partial charge on any atom is 0.191 e. The lowest BCUT2D eigenvalue weighted by Crippen LogP contribution is -2.37. The van der Waals surface area contributed by atoms with E-state index in [0.717, 1.165) is 31.3 Å². The largest absolute Gasteiger partial charge is 0.357 e. The van der Waals surface area contributed by atoms with Crippen molar-refractivity contribution in [3.8, 4) is 0 Å². The number of aliphatic imine (C=N–C) groups is 1. The molecular formula is C10H21IN6. The highest BCUT2D eigenvalue weighted by Gasteiger charge is 1.98. The minimum Gasteiger partial charge on any atom is -0.357 e. The zero-order chi connectivity index (χ0) is 11.8. The van der Waals surface area contributed by atoms with E-state index in [2.05, 4.69) is 25.7 Å². The summed E-state index contributed by atoms with van der Waals surface area (Å²) in [5.74, 6) is 1.68. The van der Waals surface area contributed by atoms with Crippen LogP contribution < -0.4 is 10.6 Å². The molecule has 1 aromatic heterocycles. The third kappa shape index (κ3) is 6.44. The van der Waals surface area contributed by atoms with E-state index in [-0.39, 0.29) is 24.0 Å². The molecule has 1 rings (SSSR count). The van der Waals surface area contributed by atoms with Crippen molar-refractivity contribution in [2.24, 2.45) is 12.0 Å². The topological polar surface area (TPSA) is 67.1 Å². The van der Waals surface area contributed by atoms with Crippen LogP contribution >= 0.6 is 24.0 Å². The summed E-state index contributed by atoms with van der Waals surface area (Å²) in [6.45, 7) is 6.53. The molecule has 1 heterocycles. The Kier molecular flexibility index (Phi) is 8.73. The van der Waals surface area contributed by atoms with Gasteiger partial charge in [-0.05, 0) is 13.8 Å². The average molecular weight is 352 g/mol. The highest BCUT2D eigenvalue weighted by Crippen LogP contribution is 1.90. The smallest absolute Gasteiger partial charge is 0.191 e. The van der Waals surface area contributed by atoms with Gasteiger partial charge in [0.1, 0.15) is 6.33 Å². The van der Waals surface area contributed by atoms with Crippen molar-refractivity contribution in [2.75, 3.05) is 19.6 Å². The number of rotatable bonds is 5. The van der Waals surface area contributed by atoms with Gasteiger partial charge < -0.3 is 10.6 Å². The molecule has 17 heavy (non-hydrogen) atoms. The van der Waals surface area contributed by atoms with Crippen LogP contribution in [0.15, 0.2) is 11.3 Å². The number of aryl methyl sites for hydroxylation is 1. The summed E-state index contributed by atoms with van der Waals surface area (Å²) < 4.78 is 1.70. The number of halogens is 1. The van der Waals surface area contributed by atoms with Crippen molar-refractivity contribution in [1.29, 1.82) is 0 Å². The minimum atomic E-state index is 0. The quantitative estimate of drug-likeness (QED) is 0.462. The van der Waals surface area contributed by atoms with Crippen LogP contribution in [0, 0.1) is 0 Å². The molecule has 0 fully saturated rings. The minimum absolute atomic E-state index is 0. The molecule has 0 amide bonds. The Morgan fingerprint density at radius 3 is 2.47 bits per heavy atom. The first-order chi connectivity index (χ1) is 7.76. The Labute approximate surface area is 119 Å². The molecule has 0 aliphatic carbocycles. The van der Waals surface area contributed by atoms with Crippen molar-refractivity contribution in [3.05, 3.63) is 12.2 Å². The Hall–Kier alpha value is -0.860. The van der Waals surface area contributed by atoms with Crippen LogP contribution in [0.25, 0.3) is 0 Å². The lowest BCUT2D eigenvalue weighted by Gasteiger charge is -2.08. The van der Waals surface area contributed by atoms with Gasteiger partial charge in [0.15, 0.2) is 11.8 Å². The van der Waals surface area contributed by atoms with Crippen molar-refractivity contribution in [1.82, 2.24) is 25.4 Å². The molecule has 0 aromatic carbocycles. The molecule has 7 heteroatoms. The summed E-state index contributed by atoms with van der Waals surface area (Å²) in [6.07, 6.45) is 2.47. The number of hydrogen-bond acceptors (Lipinski definition) is 3. The first kappa shape index (κ1) is 16.1. The van der Waals surface area contributed by atoms with Gasteiger partial charge in [0.05, 0.1) is 0 Å². The van der Waals surface area contributed by atoms with Gasteiger partial charge in [-0.15, -0.1) is 24.0 Å². The van der Waals surface area contributed by atoms with Gasteiger partial charge in [0.2, 0.25) is 0 Å². The van der Waals surface area contributed by atoms with Crippen LogP contribution in [-0.2, 0) is 13.5 Å². The van der Waals surface area contributed by atoms with Crippen molar-refractivity contribution in [2.45, 2.75) is 20.3 Å². The highest BCUT2D eigenvalue weighted by molar-refractivity contribution is 14.0. The van der Waals surface area contributed by atoms with Crippen LogP contribution in [0.1, 0.15) is 19.7 Å². The summed E-state index contributed by atoms with van der Waals surface area (Å²) in [6, 6.07) is 0. The monoisotopic (exact) mass is 352 g/mol. The van der Waals surface area contributed by atoms with Gasteiger partial charge >= 0.3 is 0 Å². The molecule has 0 unspecified atom stereocenters. The van der Waals surface area contributed by atoms with Crippen molar-refractivity contribution in [3.63, 3.8) is 0 Å². The summed E-state index contributed by atoms with van der Waals surface area (Å²) in [5, 5.41) is 10.5. The third-order valence-corrected chi connectivity index (χ3v) is 1.94. The Morgan fingerprint density at radius 2 is 2.00 bits per heavy atom. The standard InChI is InChI=1S/C10H20N6.HI/c1-4-11-10(12-5-2)13-7-6-9-14-8-16(3)15-9;/h8H,4-7H2,1-3H3,(H2,11,12,13);1H. The van der Waals surface area contributed by atoms with E-state index in [1.807, 2.05) is 20.9 Å². The molecule has 0 radical (unpaired) electrons. The van der Waals surface area contributed by atoms with E-state index in [1.54, 1.807) is 11.0 Å². The Morgan fingerprint density at radius 1 is 1.35 bits per heavy atom. The SMILES string of the molecule is CCNC(=NCCc1ncn(C)n1)NCC.I. The van der Waals surface area contributed by atoms with Crippen molar-refractivity contribution >= 4 is 29.9 Å². The molecule has 1 aromatic rings. The van der Waals surface area contributed by atoms with E-state index in [4.69, 9.17) is 0 Å². The zero-order valence-corrected chi connectivity index (χ0v) is 12.9. The first-order valence-corrected chi connectivity index (χ1v) is 5.63. The van der Waals surface area contributed by atoms with E-state index in [1.165, 1.54) is 0 Å². The zero-order valence-electron chi connectivity index (χ0n) is 10.6. The first-order valence-electron chi connectivity index (χ1n) is 5.63. The maximum absolute atomic E-state index is 4.41. The van der Waals surface area contributed by atoms with Gasteiger partial charge in [-0.2, -0.15) is 5.10 Å². The molecule has 0 saturated carbocycles. The third-order valence-electron chi connectivity index (χ3n) is 1.94. The summed E-state index contributed by atoms with van der Waals surface area (Å²) in [4.78, 5) is 8.56. The highest BCUT2D eigenvalue weighted by atomic mass is 127. The van der Waals surface area contributed by atoms with Crippen LogP contribution in [0.4, 0.5) is 0 Å². The van der Waals surface area contributed by atoms with Gasteiger partial charge in [0.25, 0.3) is 0 Å². The van der Waals surface area contributed by atoms with Crippen LogP contribution in [0.3, 0.4) is 0 Å². The summed E-state index contributed by atoms with van der Waals surface area (Å²) in [7, 11) is 1.86. The molecule has 0 aliphatic rings. The summed E-state index contributed by atoms with van der Waals surface area (Å²) >= 11 is 0. The Bertz CT molecular complexity index is 327. The van der Waals surface area contributed by atoms with E-state index in [9.17, 15) is 0 Å². The lowest BCUT2D eigenvalue weighted by molar-refractivity contribution is 0.736. The molecule has 0 atom stereocenters. The Balaban J connectivity index is 0.00000256. The molecule has 98 valence electrons. The number of nitrogens with zero attached hydrogens (tertiary/aromatic N) is 4. The molecule has 0 bridgehead atoms. The molecule has 0 spiro atoms. The lowest BCUT2D eigenvalue weighted by atomic mass is 10.4. The van der Waals surface area contributed by atoms with Crippen LogP contribution in [0.5, 0.6) is 0 Å². The van der Waals surface area contributed by atoms with Gasteiger partial charge in [-0.25, -0.2) is 4.98 Å². The fourth-order valence-electron chi connectivity index (χ4n) is 1.28. The van der Waals surface area contributed by atoms with E-state index in [0.29, 0.717) is 6.54 Å². The van der Waals surface area contributed by atoms with Gasteiger partial charge in [-0.3, -0.25) is 9.67 Å². The number of nitrogens with one attached hydrogen (secondary N) is 2. The van der Waals surface area contributed by atoms with Gasteiger partial charge in [0, 0.05) is 33.1 Å². The van der Waals surface area contributed by atoms with Crippen LogP contribution in [-0.4, -0.2) is 40.4 Å². The van der Waals surface area contributed by atoms with Crippen molar-refractivity contribution < 1.29 is 0 Å². The fraction of sp³-hybridized carbons (Fsp3) is 0.700. The molecule has 0 aliphatic heterocycles. The normalized spacial score (nSPS) is 9.35. The van der Waals surface area contributed by atoms with Crippen LogP contribution in [0.2, 0.25) is 0 Å². The molecular weight excluding hydrogens is 331 g/mol. The fourth-order valence-corrected chi connectivity index (χ4v) is 1.28. The number of hydrogen-bond donors (Lipinski definition) is 2. The molecule has 2 N–H and O–H groups in total. The van der Waals surface area contributed by atoms with E-state index < -0.39 is 0 Å². The maximum atomic E-state index is 4.41. The second-order valence-electron chi connectivity index (χ2n) is 3.38. The second kappa shape index (κ2) is 9.20. The molecule has 0 saturated heterocycles. The molecule has 6 nitrogen and oxygen atoms in total. The second-order valence-corrected chi connectivity index (χ2v) is 3.38. The summed E-state index contributed by atoms with van der Waals surface area (Å²) in [5.41, 5.74) is 0. The van der Waals surface area contributed by atoms with E-state index >= 15 is 0 Å². The van der Waals surface area contributed by atoms with Gasteiger partial charge in [-0.1, -0.05) is 0 Å². The average Bonchev–Trinajstić information content (AvgIpc) is 2.65. The predicted molar refractivity (Wildman–Crippen MR) is 79.8 cm³/mol. The number of guanidine groups is 1.